The van der Waals surface area contributed by atoms with E-state index in [9.17, 15) is 18.4 Å². The van der Waals surface area contributed by atoms with E-state index < -0.39 is 28.9 Å². The molecule has 1 aromatic heterocycles. The molecule has 5 rings (SSSR count). The molecule has 4 aromatic rings. The van der Waals surface area contributed by atoms with Gasteiger partial charge in [0.1, 0.15) is 17.3 Å². The second-order valence-electron chi connectivity index (χ2n) is 10.7. The standard InChI is InChI=1S/C32H35F2N5O2/c1-22-8-6-9-24(18-22)19-36-14-16-37(17-15-36)30-23(2)38(20-26-27(33)12-7-13-28(26)34)32(41)39(31(30)40)21-29(35)25-10-4-3-5-11-25/h3-13,18,29H,14-17,19-21,35H2,1-2H3/t29-/m1/s1. The Morgan fingerprint density at radius 2 is 1.46 bits per heavy atom. The lowest BCUT2D eigenvalue weighted by Gasteiger charge is -2.37. The Morgan fingerprint density at radius 3 is 2.12 bits per heavy atom. The van der Waals surface area contributed by atoms with Crippen LogP contribution in [0.2, 0.25) is 0 Å². The van der Waals surface area contributed by atoms with Gasteiger partial charge < -0.3 is 10.6 Å². The van der Waals surface area contributed by atoms with Crippen molar-refractivity contribution in [2.45, 2.75) is 39.5 Å². The number of aryl methyl sites for hydroxylation is 1. The molecule has 2 N–H and O–H groups in total. The molecule has 3 aromatic carbocycles. The van der Waals surface area contributed by atoms with Gasteiger partial charge in [0.2, 0.25) is 0 Å². The summed E-state index contributed by atoms with van der Waals surface area (Å²) in [6, 6.07) is 20.6. The van der Waals surface area contributed by atoms with Crippen LogP contribution < -0.4 is 21.9 Å². The Balaban J connectivity index is 1.50. The lowest BCUT2D eigenvalue weighted by atomic mass is 10.1. The van der Waals surface area contributed by atoms with Crippen molar-refractivity contribution in [1.82, 2.24) is 14.0 Å². The molecule has 214 valence electrons. The summed E-state index contributed by atoms with van der Waals surface area (Å²) in [5, 5.41) is 0. The van der Waals surface area contributed by atoms with Crippen LogP contribution in [0.3, 0.4) is 0 Å². The number of rotatable bonds is 8. The maximum atomic E-state index is 14.7. The van der Waals surface area contributed by atoms with Crippen LogP contribution >= 0.6 is 0 Å². The van der Waals surface area contributed by atoms with Gasteiger partial charge in [-0.2, -0.15) is 0 Å². The van der Waals surface area contributed by atoms with Gasteiger partial charge in [-0.3, -0.25) is 18.8 Å². The smallest absolute Gasteiger partial charge is 0.331 e. The number of halogens is 2. The second kappa shape index (κ2) is 12.2. The number of nitrogens with two attached hydrogens (primary N) is 1. The molecule has 0 spiro atoms. The SMILES string of the molecule is Cc1cccc(CN2CCN(c3c(C)n(Cc4c(F)cccc4F)c(=O)n(C[C@@H](N)c4ccccc4)c3=O)CC2)c1. The van der Waals surface area contributed by atoms with Crippen LogP contribution in [0.4, 0.5) is 14.5 Å². The van der Waals surface area contributed by atoms with Gasteiger partial charge in [0.05, 0.1) is 13.1 Å². The molecule has 7 nitrogen and oxygen atoms in total. The molecule has 0 bridgehead atoms. The third-order valence-corrected chi connectivity index (χ3v) is 7.82. The van der Waals surface area contributed by atoms with Gasteiger partial charge in [0.15, 0.2) is 0 Å². The first-order valence-corrected chi connectivity index (χ1v) is 13.8. The summed E-state index contributed by atoms with van der Waals surface area (Å²) in [7, 11) is 0. The van der Waals surface area contributed by atoms with E-state index in [0.29, 0.717) is 24.5 Å². The lowest BCUT2D eigenvalue weighted by Crippen LogP contribution is -2.51. The van der Waals surface area contributed by atoms with E-state index in [0.717, 1.165) is 41.9 Å². The van der Waals surface area contributed by atoms with Crippen LogP contribution in [0.15, 0.2) is 82.4 Å². The number of piperazine rings is 1. The molecule has 0 radical (unpaired) electrons. The minimum Gasteiger partial charge on any atom is -0.363 e. The van der Waals surface area contributed by atoms with Crippen molar-refractivity contribution in [3.05, 3.63) is 133 Å². The average molecular weight is 560 g/mol. The van der Waals surface area contributed by atoms with Crippen LogP contribution in [-0.2, 0) is 19.6 Å². The van der Waals surface area contributed by atoms with E-state index >= 15 is 0 Å². The van der Waals surface area contributed by atoms with Gasteiger partial charge in [-0.1, -0.05) is 66.2 Å². The molecular weight excluding hydrogens is 524 g/mol. The van der Waals surface area contributed by atoms with Crippen LogP contribution in [-0.4, -0.2) is 40.2 Å². The molecule has 0 saturated carbocycles. The molecule has 1 aliphatic rings. The zero-order valence-electron chi connectivity index (χ0n) is 23.4. The first kappa shape index (κ1) is 28.4. The van der Waals surface area contributed by atoms with Crippen molar-refractivity contribution in [2.24, 2.45) is 5.73 Å². The summed E-state index contributed by atoms with van der Waals surface area (Å²) in [6.07, 6.45) is 0. The molecule has 2 heterocycles. The molecule has 1 atom stereocenters. The summed E-state index contributed by atoms with van der Waals surface area (Å²) in [4.78, 5) is 31.9. The van der Waals surface area contributed by atoms with Crippen molar-refractivity contribution in [3.8, 4) is 0 Å². The maximum Gasteiger partial charge on any atom is 0.331 e. The lowest BCUT2D eigenvalue weighted by molar-refractivity contribution is 0.249. The van der Waals surface area contributed by atoms with Gasteiger partial charge in [-0.25, -0.2) is 13.6 Å². The highest BCUT2D eigenvalue weighted by Gasteiger charge is 2.26. The Morgan fingerprint density at radius 1 is 0.805 bits per heavy atom. The zero-order chi connectivity index (χ0) is 29.1. The van der Waals surface area contributed by atoms with Crippen molar-refractivity contribution >= 4 is 5.69 Å². The Hall–Kier alpha value is -4.08. The van der Waals surface area contributed by atoms with Gasteiger partial charge >= 0.3 is 5.69 Å². The third-order valence-electron chi connectivity index (χ3n) is 7.82. The van der Waals surface area contributed by atoms with Gasteiger partial charge in [0, 0.05) is 50.0 Å². The molecule has 0 unspecified atom stereocenters. The number of aromatic nitrogens is 2. The number of hydrogen-bond acceptors (Lipinski definition) is 5. The van der Waals surface area contributed by atoms with Gasteiger partial charge in [-0.15, -0.1) is 0 Å². The maximum absolute atomic E-state index is 14.7. The number of nitrogens with zero attached hydrogens (tertiary/aromatic N) is 4. The number of anilines is 1. The molecule has 1 aliphatic heterocycles. The first-order chi connectivity index (χ1) is 19.7. The molecule has 0 aliphatic carbocycles. The van der Waals surface area contributed by atoms with Crippen LogP contribution in [0, 0.1) is 25.5 Å². The largest absolute Gasteiger partial charge is 0.363 e. The van der Waals surface area contributed by atoms with Gasteiger partial charge in [-0.05, 0) is 37.1 Å². The number of benzene rings is 3. The minimum absolute atomic E-state index is 0.0674. The molecule has 41 heavy (non-hydrogen) atoms. The molecule has 1 fully saturated rings. The fourth-order valence-corrected chi connectivity index (χ4v) is 5.54. The molecule has 0 amide bonds. The van der Waals surface area contributed by atoms with E-state index in [-0.39, 0.29) is 18.7 Å². The van der Waals surface area contributed by atoms with Crippen LogP contribution in [0.25, 0.3) is 0 Å². The average Bonchev–Trinajstić information content (AvgIpc) is 2.96. The molecule has 1 saturated heterocycles. The predicted molar refractivity (Wildman–Crippen MR) is 157 cm³/mol. The summed E-state index contributed by atoms with van der Waals surface area (Å²) < 4.78 is 31.7. The third kappa shape index (κ3) is 6.16. The van der Waals surface area contributed by atoms with Crippen molar-refractivity contribution in [1.29, 1.82) is 0 Å². The highest BCUT2D eigenvalue weighted by atomic mass is 19.1. The Labute approximate surface area is 238 Å². The van der Waals surface area contributed by atoms with E-state index in [1.807, 2.05) is 35.2 Å². The van der Waals surface area contributed by atoms with Gasteiger partial charge in [0.25, 0.3) is 5.56 Å². The van der Waals surface area contributed by atoms with Crippen molar-refractivity contribution < 1.29 is 8.78 Å². The highest BCUT2D eigenvalue weighted by Crippen LogP contribution is 2.21. The summed E-state index contributed by atoms with van der Waals surface area (Å²) in [6.45, 7) is 6.70. The molecular formula is C32H35F2N5O2. The van der Waals surface area contributed by atoms with E-state index in [1.54, 1.807) is 6.92 Å². The number of hydrogen-bond donors (Lipinski definition) is 1. The molecule has 9 heteroatoms. The second-order valence-corrected chi connectivity index (χ2v) is 10.7. The monoisotopic (exact) mass is 559 g/mol. The van der Waals surface area contributed by atoms with E-state index in [2.05, 4.69) is 36.1 Å². The topological polar surface area (TPSA) is 76.5 Å². The predicted octanol–water partition coefficient (Wildman–Crippen LogP) is 3.98. The first-order valence-electron chi connectivity index (χ1n) is 13.8. The van der Waals surface area contributed by atoms with Crippen molar-refractivity contribution in [3.63, 3.8) is 0 Å². The zero-order valence-corrected chi connectivity index (χ0v) is 23.4. The Bertz CT molecular complexity index is 1620. The quantitative estimate of drug-likeness (QED) is 0.354. The highest BCUT2D eigenvalue weighted by molar-refractivity contribution is 5.50. The minimum atomic E-state index is -0.749. The van der Waals surface area contributed by atoms with Crippen LogP contribution in [0.5, 0.6) is 0 Å². The van der Waals surface area contributed by atoms with E-state index in [4.69, 9.17) is 5.73 Å². The fourth-order valence-electron chi connectivity index (χ4n) is 5.54. The van der Waals surface area contributed by atoms with Crippen LogP contribution in [0.1, 0.15) is 34.0 Å². The Kier molecular flexibility index (Phi) is 8.46. The van der Waals surface area contributed by atoms with E-state index in [1.165, 1.54) is 21.8 Å². The summed E-state index contributed by atoms with van der Waals surface area (Å²) in [5.74, 6) is -1.50. The summed E-state index contributed by atoms with van der Waals surface area (Å²) in [5.41, 5.74) is 9.05. The normalized spacial score (nSPS) is 14.8. The van der Waals surface area contributed by atoms with Crippen molar-refractivity contribution in [2.75, 3.05) is 31.1 Å². The fraction of sp³-hybridized carbons (Fsp3) is 0.312. The summed E-state index contributed by atoms with van der Waals surface area (Å²) >= 11 is 0.